The number of halogens is 1. The van der Waals surface area contributed by atoms with Crippen molar-refractivity contribution in [1.82, 2.24) is 10.2 Å². The van der Waals surface area contributed by atoms with Crippen molar-refractivity contribution < 1.29 is 4.74 Å². The Kier molecular flexibility index (Phi) is 11.5. The van der Waals surface area contributed by atoms with Crippen molar-refractivity contribution in [2.45, 2.75) is 110 Å². The van der Waals surface area contributed by atoms with Crippen molar-refractivity contribution in [3.05, 3.63) is 27.7 Å². The minimum absolute atomic E-state index is 0.604. The van der Waals surface area contributed by atoms with Crippen LogP contribution in [0.4, 0.5) is 0 Å². The smallest absolute Gasteiger partial charge is 0.147 e. The molecule has 0 unspecified atom stereocenters. The van der Waals surface area contributed by atoms with Crippen LogP contribution in [0.1, 0.15) is 115 Å². The van der Waals surface area contributed by atoms with Crippen molar-refractivity contribution in [3.8, 4) is 16.3 Å². The molecule has 0 N–H and O–H groups in total. The van der Waals surface area contributed by atoms with Gasteiger partial charge in [0, 0.05) is 11.5 Å². The minimum Gasteiger partial charge on any atom is -0.492 e. The van der Waals surface area contributed by atoms with Gasteiger partial charge in [-0.3, -0.25) is 0 Å². The quantitative estimate of drug-likeness (QED) is 0.232. The number of hydrogen-bond acceptors (Lipinski definition) is 4. The molecule has 1 aromatic carbocycles. The third-order valence-electron chi connectivity index (χ3n) is 6.79. The molecule has 3 rings (SSSR count). The van der Waals surface area contributed by atoms with E-state index in [0.717, 1.165) is 39.7 Å². The van der Waals surface area contributed by atoms with Gasteiger partial charge in [-0.05, 0) is 72.2 Å². The summed E-state index contributed by atoms with van der Waals surface area (Å²) in [7, 11) is 0. The van der Waals surface area contributed by atoms with Gasteiger partial charge in [-0.25, -0.2) is 0 Å². The van der Waals surface area contributed by atoms with Crippen LogP contribution in [0.25, 0.3) is 10.6 Å². The Balaban J connectivity index is 1.44. The highest BCUT2D eigenvalue weighted by Gasteiger charge is 2.25. The van der Waals surface area contributed by atoms with Gasteiger partial charge in [0.1, 0.15) is 15.8 Å². The van der Waals surface area contributed by atoms with Gasteiger partial charge in [0.05, 0.1) is 11.1 Å². The van der Waals surface area contributed by atoms with E-state index in [1.165, 1.54) is 88.5 Å². The summed E-state index contributed by atoms with van der Waals surface area (Å²) in [5, 5.41) is 11.3. The first-order valence-electron chi connectivity index (χ1n) is 13.0. The molecule has 1 saturated carbocycles. The highest BCUT2D eigenvalue weighted by atomic mass is 79.9. The summed E-state index contributed by atoms with van der Waals surface area (Å²) in [4.78, 5) is 0. The van der Waals surface area contributed by atoms with Crippen LogP contribution in [0.15, 0.2) is 22.7 Å². The van der Waals surface area contributed by atoms with Crippen LogP contribution in [-0.2, 0) is 0 Å². The molecule has 1 fully saturated rings. The highest BCUT2D eigenvalue weighted by molar-refractivity contribution is 9.10. The van der Waals surface area contributed by atoms with Crippen LogP contribution in [-0.4, -0.2) is 16.8 Å². The molecule has 1 aliphatic carbocycles. The largest absolute Gasteiger partial charge is 0.492 e. The van der Waals surface area contributed by atoms with Crippen LogP contribution < -0.4 is 4.74 Å². The van der Waals surface area contributed by atoms with E-state index in [1.54, 1.807) is 11.3 Å². The molecule has 178 valence electrons. The van der Waals surface area contributed by atoms with Crippen molar-refractivity contribution >= 4 is 27.3 Å². The van der Waals surface area contributed by atoms with E-state index in [1.807, 2.05) is 0 Å². The topological polar surface area (TPSA) is 35.0 Å². The lowest BCUT2D eigenvalue weighted by molar-refractivity contribution is 0.302. The zero-order chi connectivity index (χ0) is 22.6. The average Bonchev–Trinajstić information content (AvgIpc) is 3.31. The molecule has 0 amide bonds. The summed E-state index contributed by atoms with van der Waals surface area (Å²) in [6.07, 6.45) is 18.5. The predicted molar refractivity (Wildman–Crippen MR) is 141 cm³/mol. The lowest BCUT2D eigenvalue weighted by atomic mass is 9.80. The Hall–Kier alpha value is -0.940. The Bertz CT molecular complexity index is 786. The lowest BCUT2D eigenvalue weighted by Gasteiger charge is -2.26. The van der Waals surface area contributed by atoms with Gasteiger partial charge in [0.25, 0.3) is 0 Å². The molecule has 1 heterocycles. The molecule has 1 aromatic heterocycles. The summed E-state index contributed by atoms with van der Waals surface area (Å²) in [6, 6.07) is 6.32. The number of nitrogens with zero attached hydrogens (tertiary/aromatic N) is 2. The van der Waals surface area contributed by atoms with Crippen LogP contribution >= 0.6 is 27.3 Å². The van der Waals surface area contributed by atoms with E-state index in [4.69, 9.17) is 4.74 Å². The fourth-order valence-corrected chi connectivity index (χ4v) is 6.20. The summed E-state index contributed by atoms with van der Waals surface area (Å²) in [5.41, 5.74) is 1.13. The second-order valence-electron chi connectivity index (χ2n) is 9.42. The number of ether oxygens (including phenoxy) is 1. The van der Waals surface area contributed by atoms with Crippen molar-refractivity contribution in [3.63, 3.8) is 0 Å². The van der Waals surface area contributed by atoms with E-state index in [-0.39, 0.29) is 0 Å². The van der Waals surface area contributed by atoms with Crippen molar-refractivity contribution in [2.75, 3.05) is 6.61 Å². The van der Waals surface area contributed by atoms with Gasteiger partial charge in [-0.15, -0.1) is 10.2 Å². The summed E-state index contributed by atoms with van der Waals surface area (Å²) in [6.45, 7) is 5.35. The fraction of sp³-hybridized carbons (Fsp3) is 0.704. The van der Waals surface area contributed by atoms with Crippen molar-refractivity contribution in [2.24, 2.45) is 5.92 Å². The number of benzene rings is 1. The Morgan fingerprint density at radius 2 is 1.62 bits per heavy atom. The molecule has 2 aromatic rings. The van der Waals surface area contributed by atoms with Crippen LogP contribution in [0.5, 0.6) is 5.75 Å². The fourth-order valence-electron chi connectivity index (χ4n) is 4.70. The Morgan fingerprint density at radius 1 is 0.906 bits per heavy atom. The summed E-state index contributed by atoms with van der Waals surface area (Å²) >= 11 is 5.47. The Labute approximate surface area is 207 Å². The van der Waals surface area contributed by atoms with Crippen molar-refractivity contribution in [1.29, 1.82) is 0 Å². The highest BCUT2D eigenvalue weighted by Crippen LogP contribution is 2.40. The van der Waals surface area contributed by atoms with E-state index >= 15 is 0 Å². The molecule has 3 nitrogen and oxygen atoms in total. The molecular formula is C27H41BrN2OS. The molecule has 0 atom stereocenters. The first-order valence-corrected chi connectivity index (χ1v) is 14.6. The third kappa shape index (κ3) is 8.13. The first kappa shape index (κ1) is 25.7. The number of rotatable bonds is 14. The second-order valence-corrected chi connectivity index (χ2v) is 11.3. The molecule has 0 aliphatic heterocycles. The maximum Gasteiger partial charge on any atom is 0.147 e. The molecular weight excluding hydrogens is 480 g/mol. The van der Waals surface area contributed by atoms with E-state index < -0.39 is 0 Å². The van der Waals surface area contributed by atoms with Gasteiger partial charge in [-0.2, -0.15) is 0 Å². The molecule has 0 saturated heterocycles. The maximum atomic E-state index is 6.01. The standard InChI is InChI=1S/C27H41BrN2OS/c1-3-5-7-8-9-10-11-19-31-25-18-17-23(20-24(25)28)27-30-29-26(32-27)22-15-13-21(14-16-22)12-6-4-2/h17-18,20-22H,3-16,19H2,1-2H3. The minimum atomic E-state index is 0.604. The molecule has 0 radical (unpaired) electrons. The second kappa shape index (κ2) is 14.3. The monoisotopic (exact) mass is 520 g/mol. The number of aromatic nitrogens is 2. The zero-order valence-corrected chi connectivity index (χ0v) is 22.5. The van der Waals surface area contributed by atoms with E-state index in [2.05, 4.69) is 58.2 Å². The van der Waals surface area contributed by atoms with Crippen LogP contribution in [0, 0.1) is 5.92 Å². The predicted octanol–water partition coefficient (Wildman–Crippen LogP) is 9.56. The normalized spacial score (nSPS) is 18.7. The molecule has 0 spiro atoms. The first-order chi connectivity index (χ1) is 15.7. The van der Waals surface area contributed by atoms with Gasteiger partial charge in [0.15, 0.2) is 0 Å². The van der Waals surface area contributed by atoms with Gasteiger partial charge in [0.2, 0.25) is 0 Å². The van der Waals surface area contributed by atoms with Gasteiger partial charge in [-0.1, -0.05) is 83.0 Å². The van der Waals surface area contributed by atoms with Gasteiger partial charge < -0.3 is 4.74 Å². The van der Waals surface area contributed by atoms with Gasteiger partial charge >= 0.3 is 0 Å². The number of unbranched alkanes of at least 4 members (excludes halogenated alkanes) is 7. The Morgan fingerprint density at radius 3 is 2.34 bits per heavy atom. The third-order valence-corrected chi connectivity index (χ3v) is 8.54. The maximum absolute atomic E-state index is 6.01. The average molecular weight is 522 g/mol. The zero-order valence-electron chi connectivity index (χ0n) is 20.1. The lowest BCUT2D eigenvalue weighted by Crippen LogP contribution is -2.13. The molecule has 1 aliphatic rings. The van der Waals surface area contributed by atoms with E-state index in [9.17, 15) is 0 Å². The summed E-state index contributed by atoms with van der Waals surface area (Å²) in [5.74, 6) is 2.46. The molecule has 0 bridgehead atoms. The van der Waals surface area contributed by atoms with Crippen LogP contribution in [0.3, 0.4) is 0 Å². The molecule has 5 heteroatoms. The summed E-state index contributed by atoms with van der Waals surface area (Å²) < 4.78 is 7.02. The van der Waals surface area contributed by atoms with E-state index in [0.29, 0.717) is 5.92 Å². The van der Waals surface area contributed by atoms with Crippen LogP contribution in [0.2, 0.25) is 0 Å². The molecule has 32 heavy (non-hydrogen) atoms. The SMILES string of the molecule is CCCCCCCCCOc1ccc(-c2nnc(C3CCC(CCCC)CC3)s2)cc1Br. The number of hydrogen-bond donors (Lipinski definition) is 0.